The molecular weight excluding hydrogens is 434 g/mol. The van der Waals surface area contributed by atoms with Crippen LogP contribution in [0.4, 0.5) is 5.13 Å². The second-order valence-electron chi connectivity index (χ2n) is 7.23. The van der Waals surface area contributed by atoms with Crippen molar-refractivity contribution in [2.45, 2.75) is 6.42 Å². The molecule has 0 atom stereocenters. The van der Waals surface area contributed by atoms with E-state index in [9.17, 15) is 4.79 Å². The van der Waals surface area contributed by atoms with Crippen molar-refractivity contribution >= 4 is 34.0 Å². The lowest BCUT2D eigenvalue weighted by Crippen LogP contribution is -2.35. The van der Waals surface area contributed by atoms with E-state index in [0.717, 1.165) is 36.0 Å². The molecule has 0 N–H and O–H groups in total. The number of nitrogens with zero attached hydrogens (tertiary/aromatic N) is 5. The number of halogens is 1. The van der Waals surface area contributed by atoms with Crippen molar-refractivity contribution in [3.8, 4) is 17.1 Å². The normalized spacial score (nSPS) is 14.6. The maximum atomic E-state index is 13.3. The van der Waals surface area contributed by atoms with E-state index in [1.54, 1.807) is 40.5 Å². The Morgan fingerprint density at radius 1 is 1.10 bits per heavy atom. The van der Waals surface area contributed by atoms with Crippen molar-refractivity contribution in [3.63, 3.8) is 0 Å². The van der Waals surface area contributed by atoms with Gasteiger partial charge in [-0.15, -0.1) is 11.3 Å². The van der Waals surface area contributed by atoms with E-state index < -0.39 is 0 Å². The number of aromatic nitrogens is 3. The Labute approximate surface area is 188 Å². The van der Waals surface area contributed by atoms with Crippen LogP contribution in [0.25, 0.3) is 17.1 Å². The van der Waals surface area contributed by atoms with Crippen molar-refractivity contribution in [3.05, 3.63) is 71.0 Å². The largest absolute Gasteiger partial charge is 0.463 e. The summed E-state index contributed by atoms with van der Waals surface area (Å²) in [5.41, 5.74) is 1.92. The third-order valence-electron chi connectivity index (χ3n) is 5.25. The monoisotopic (exact) mass is 453 g/mol. The van der Waals surface area contributed by atoms with Crippen LogP contribution in [0, 0.1) is 0 Å². The minimum atomic E-state index is -0.0819. The predicted molar refractivity (Wildman–Crippen MR) is 121 cm³/mol. The number of rotatable bonds is 4. The molecule has 0 radical (unpaired) electrons. The van der Waals surface area contributed by atoms with Crippen LogP contribution in [0.3, 0.4) is 0 Å². The summed E-state index contributed by atoms with van der Waals surface area (Å²) < 4.78 is 7.32. The molecule has 4 aromatic rings. The van der Waals surface area contributed by atoms with Crippen molar-refractivity contribution in [2.75, 3.05) is 31.1 Å². The van der Waals surface area contributed by atoms with Gasteiger partial charge in [-0.2, -0.15) is 5.10 Å². The van der Waals surface area contributed by atoms with E-state index in [0.29, 0.717) is 29.6 Å². The van der Waals surface area contributed by atoms with Gasteiger partial charge in [-0.3, -0.25) is 4.79 Å². The van der Waals surface area contributed by atoms with Crippen LogP contribution in [-0.4, -0.2) is 51.8 Å². The van der Waals surface area contributed by atoms with E-state index >= 15 is 0 Å². The van der Waals surface area contributed by atoms with Crippen LogP contribution >= 0.6 is 22.9 Å². The first-order chi connectivity index (χ1) is 15.2. The summed E-state index contributed by atoms with van der Waals surface area (Å²) in [6, 6.07) is 12.8. The molecule has 158 valence electrons. The van der Waals surface area contributed by atoms with Crippen LogP contribution in [0.1, 0.15) is 16.9 Å². The highest BCUT2D eigenvalue weighted by atomic mass is 35.5. The molecule has 5 rings (SSSR count). The van der Waals surface area contributed by atoms with Gasteiger partial charge in [-0.05, 0) is 42.8 Å². The first kappa shape index (κ1) is 19.8. The van der Waals surface area contributed by atoms with Gasteiger partial charge in [0.2, 0.25) is 0 Å². The van der Waals surface area contributed by atoms with Crippen molar-refractivity contribution in [1.82, 2.24) is 19.7 Å². The predicted octanol–water partition coefficient (Wildman–Crippen LogP) is 4.59. The summed E-state index contributed by atoms with van der Waals surface area (Å²) in [5, 5.41) is 8.26. The third-order valence-corrected chi connectivity index (χ3v) is 6.33. The average molecular weight is 454 g/mol. The van der Waals surface area contributed by atoms with Crippen LogP contribution < -0.4 is 4.90 Å². The first-order valence-corrected chi connectivity index (χ1v) is 11.3. The van der Waals surface area contributed by atoms with Crippen LogP contribution in [0.5, 0.6) is 0 Å². The average Bonchev–Trinajstić information content (AvgIpc) is 3.53. The number of hydrogen-bond acceptors (Lipinski definition) is 6. The second-order valence-corrected chi connectivity index (χ2v) is 8.54. The van der Waals surface area contributed by atoms with E-state index in [1.807, 2.05) is 40.7 Å². The van der Waals surface area contributed by atoms with Crippen LogP contribution in [-0.2, 0) is 0 Å². The summed E-state index contributed by atoms with van der Waals surface area (Å²) in [5.74, 6) is 0.564. The SMILES string of the molecule is O=C(c1cc(-c2ccco2)n(-c2ccc(Cl)cc2)n1)N1CCCN(c2nccs2)CC1. The van der Waals surface area contributed by atoms with Gasteiger partial charge in [0.1, 0.15) is 5.69 Å². The number of carbonyl (C=O) groups excluding carboxylic acids is 1. The number of amides is 1. The van der Waals surface area contributed by atoms with Crippen molar-refractivity contribution < 1.29 is 9.21 Å². The molecule has 1 aliphatic heterocycles. The van der Waals surface area contributed by atoms with Gasteiger partial charge in [0.15, 0.2) is 16.6 Å². The second kappa shape index (κ2) is 8.56. The van der Waals surface area contributed by atoms with Gasteiger partial charge >= 0.3 is 0 Å². The molecule has 0 aliphatic carbocycles. The van der Waals surface area contributed by atoms with Crippen LogP contribution in [0.15, 0.2) is 64.7 Å². The first-order valence-electron chi connectivity index (χ1n) is 10.0. The molecule has 1 aliphatic rings. The number of hydrogen-bond donors (Lipinski definition) is 0. The zero-order valence-electron chi connectivity index (χ0n) is 16.6. The molecule has 0 saturated carbocycles. The van der Waals surface area contributed by atoms with Crippen molar-refractivity contribution in [2.24, 2.45) is 0 Å². The highest BCUT2D eigenvalue weighted by molar-refractivity contribution is 7.13. The number of anilines is 1. The highest BCUT2D eigenvalue weighted by Crippen LogP contribution is 2.26. The van der Waals surface area contributed by atoms with Gasteiger partial charge in [0.25, 0.3) is 5.91 Å². The summed E-state index contributed by atoms with van der Waals surface area (Å²) in [7, 11) is 0. The summed E-state index contributed by atoms with van der Waals surface area (Å²) in [6.45, 7) is 2.95. The molecule has 1 aromatic carbocycles. The molecular formula is C22H20ClN5O2S. The Hall–Kier alpha value is -3.10. The zero-order valence-corrected chi connectivity index (χ0v) is 18.2. The number of thiazole rings is 1. The van der Waals surface area contributed by atoms with Gasteiger partial charge in [-0.1, -0.05) is 11.6 Å². The fourth-order valence-corrected chi connectivity index (χ4v) is 4.53. The molecule has 9 heteroatoms. The number of carbonyl (C=O) groups is 1. The fraction of sp³-hybridized carbons (Fsp3) is 0.227. The Kier molecular flexibility index (Phi) is 5.48. The van der Waals surface area contributed by atoms with E-state index in [-0.39, 0.29) is 5.91 Å². The molecule has 0 unspecified atom stereocenters. The Bertz CT molecular complexity index is 1160. The summed E-state index contributed by atoms with van der Waals surface area (Å²) in [4.78, 5) is 21.8. The lowest BCUT2D eigenvalue weighted by Gasteiger charge is -2.21. The van der Waals surface area contributed by atoms with Gasteiger partial charge in [-0.25, -0.2) is 9.67 Å². The molecule has 3 aromatic heterocycles. The lowest BCUT2D eigenvalue weighted by molar-refractivity contribution is 0.0760. The third kappa shape index (κ3) is 4.08. The van der Waals surface area contributed by atoms with Gasteiger partial charge in [0.05, 0.1) is 12.0 Å². The Morgan fingerprint density at radius 3 is 2.71 bits per heavy atom. The molecule has 4 heterocycles. The van der Waals surface area contributed by atoms with E-state index in [1.165, 1.54) is 0 Å². The highest BCUT2D eigenvalue weighted by Gasteiger charge is 2.25. The Morgan fingerprint density at radius 2 is 1.97 bits per heavy atom. The summed E-state index contributed by atoms with van der Waals surface area (Å²) in [6.07, 6.45) is 4.31. The number of furan rings is 1. The van der Waals surface area contributed by atoms with Gasteiger partial charge < -0.3 is 14.2 Å². The quantitative estimate of drug-likeness (QED) is 0.452. The van der Waals surface area contributed by atoms with Crippen molar-refractivity contribution in [1.29, 1.82) is 0 Å². The van der Waals surface area contributed by atoms with E-state index in [2.05, 4.69) is 15.0 Å². The lowest BCUT2D eigenvalue weighted by atomic mass is 10.2. The van der Waals surface area contributed by atoms with E-state index in [4.69, 9.17) is 16.0 Å². The maximum Gasteiger partial charge on any atom is 0.274 e. The smallest absolute Gasteiger partial charge is 0.274 e. The standard InChI is InChI=1S/C22H20ClN5O2S/c23-16-4-6-17(7-5-16)28-19(20-3-1-13-30-20)15-18(25-28)21(29)26-9-2-10-27(12-11-26)22-24-8-14-31-22/h1,3-8,13-15H,2,9-12H2. The molecule has 0 spiro atoms. The molecule has 1 saturated heterocycles. The summed E-state index contributed by atoms with van der Waals surface area (Å²) >= 11 is 7.67. The molecule has 31 heavy (non-hydrogen) atoms. The fourth-order valence-electron chi connectivity index (χ4n) is 3.71. The maximum absolute atomic E-state index is 13.3. The molecule has 7 nitrogen and oxygen atoms in total. The molecule has 0 bridgehead atoms. The Balaban J connectivity index is 1.42. The number of benzene rings is 1. The van der Waals surface area contributed by atoms with Crippen LogP contribution in [0.2, 0.25) is 5.02 Å². The minimum absolute atomic E-state index is 0.0819. The zero-order chi connectivity index (χ0) is 21.2. The topological polar surface area (TPSA) is 67.4 Å². The van der Waals surface area contributed by atoms with Gasteiger partial charge in [0, 0.05) is 48.8 Å². The molecule has 1 fully saturated rings. The minimum Gasteiger partial charge on any atom is -0.463 e. The molecule has 1 amide bonds.